The van der Waals surface area contributed by atoms with E-state index in [-0.39, 0.29) is 6.03 Å². The number of carbonyl (C=O) groups excluding carboxylic acids is 1. The number of hydrogen-bond acceptors (Lipinski definition) is 4. The van der Waals surface area contributed by atoms with Gasteiger partial charge < -0.3 is 20.4 Å². The summed E-state index contributed by atoms with van der Waals surface area (Å²) >= 11 is 1.64. The topological polar surface area (TPSA) is 47.6 Å². The number of nitrogens with zero attached hydrogens (tertiary/aromatic N) is 2. The number of piperazine rings is 1. The van der Waals surface area contributed by atoms with Gasteiger partial charge in [-0.05, 0) is 30.1 Å². The zero-order valence-electron chi connectivity index (χ0n) is 14.0. The van der Waals surface area contributed by atoms with E-state index in [0.29, 0.717) is 6.54 Å². The van der Waals surface area contributed by atoms with E-state index in [0.717, 1.165) is 49.0 Å². The van der Waals surface area contributed by atoms with Crippen LogP contribution >= 0.6 is 11.3 Å². The molecule has 5 nitrogen and oxygen atoms in total. The minimum Gasteiger partial charge on any atom is -0.367 e. The molecule has 2 heterocycles. The van der Waals surface area contributed by atoms with Gasteiger partial charge >= 0.3 is 6.03 Å². The molecule has 0 bridgehead atoms. The van der Waals surface area contributed by atoms with Crippen LogP contribution in [-0.2, 0) is 6.54 Å². The Morgan fingerprint density at radius 2 is 1.92 bits per heavy atom. The van der Waals surface area contributed by atoms with Crippen molar-refractivity contribution in [3.63, 3.8) is 0 Å². The van der Waals surface area contributed by atoms with Gasteiger partial charge in [-0.1, -0.05) is 25.1 Å². The second kappa shape index (κ2) is 8.17. The van der Waals surface area contributed by atoms with Gasteiger partial charge in [-0.3, -0.25) is 0 Å². The fourth-order valence-corrected chi connectivity index (χ4v) is 3.55. The van der Waals surface area contributed by atoms with Crippen LogP contribution in [0.4, 0.5) is 16.2 Å². The van der Waals surface area contributed by atoms with Gasteiger partial charge in [0.1, 0.15) is 0 Å². The summed E-state index contributed by atoms with van der Waals surface area (Å²) in [5.41, 5.74) is 1.96. The zero-order chi connectivity index (χ0) is 16.8. The summed E-state index contributed by atoms with van der Waals surface area (Å²) < 4.78 is 0. The number of likely N-dealkylation sites (N-methyl/N-ethyl adjacent to an activating group) is 1. The maximum absolute atomic E-state index is 12.2. The molecule has 0 atom stereocenters. The Morgan fingerprint density at radius 3 is 2.62 bits per heavy atom. The maximum Gasteiger partial charge on any atom is 0.319 e. The number of amides is 2. The Kier molecular flexibility index (Phi) is 5.72. The molecular formula is C18H24N4OS. The molecule has 0 unspecified atom stereocenters. The quantitative estimate of drug-likeness (QED) is 0.876. The third-order valence-electron chi connectivity index (χ3n) is 4.32. The highest BCUT2D eigenvalue weighted by Crippen LogP contribution is 2.26. The van der Waals surface area contributed by atoms with Gasteiger partial charge in [-0.25, -0.2) is 4.79 Å². The van der Waals surface area contributed by atoms with Crippen LogP contribution in [0.5, 0.6) is 0 Å². The van der Waals surface area contributed by atoms with Crippen LogP contribution in [0.1, 0.15) is 11.8 Å². The summed E-state index contributed by atoms with van der Waals surface area (Å²) in [6.07, 6.45) is 0. The van der Waals surface area contributed by atoms with Crippen molar-refractivity contribution in [1.29, 1.82) is 0 Å². The van der Waals surface area contributed by atoms with Crippen molar-refractivity contribution in [2.75, 3.05) is 42.9 Å². The van der Waals surface area contributed by atoms with Gasteiger partial charge in [0.15, 0.2) is 0 Å². The molecule has 0 spiro atoms. The first-order chi connectivity index (χ1) is 11.8. The van der Waals surface area contributed by atoms with Crippen LogP contribution in [0.25, 0.3) is 0 Å². The van der Waals surface area contributed by atoms with E-state index >= 15 is 0 Å². The van der Waals surface area contributed by atoms with Crippen LogP contribution < -0.4 is 15.5 Å². The van der Waals surface area contributed by atoms with Gasteiger partial charge in [0.05, 0.1) is 17.9 Å². The fraction of sp³-hybridized carbons (Fsp3) is 0.389. The highest BCUT2D eigenvalue weighted by molar-refractivity contribution is 7.09. The third kappa shape index (κ3) is 4.27. The molecule has 1 aromatic heterocycles. The van der Waals surface area contributed by atoms with Crippen LogP contribution in [0.2, 0.25) is 0 Å². The molecule has 24 heavy (non-hydrogen) atoms. The lowest BCUT2D eigenvalue weighted by molar-refractivity contribution is 0.252. The normalized spacial score (nSPS) is 15.3. The lowest BCUT2D eigenvalue weighted by Crippen LogP contribution is -2.46. The average molecular weight is 344 g/mol. The molecule has 0 saturated carbocycles. The summed E-state index contributed by atoms with van der Waals surface area (Å²) in [5, 5.41) is 7.92. The standard InChI is InChI=1S/C18H24N4OS/c1-2-21-9-11-22(12-10-21)17-8-4-3-7-16(17)20-18(23)19-14-15-6-5-13-24-15/h3-8,13H,2,9-12,14H2,1H3,(H2,19,20,23). The van der Waals surface area contributed by atoms with Gasteiger partial charge in [0.25, 0.3) is 0 Å². The molecule has 1 saturated heterocycles. The van der Waals surface area contributed by atoms with E-state index in [1.54, 1.807) is 11.3 Å². The number of hydrogen-bond donors (Lipinski definition) is 2. The summed E-state index contributed by atoms with van der Waals surface area (Å²) in [4.78, 5) is 18.1. The molecular weight excluding hydrogens is 320 g/mol. The maximum atomic E-state index is 12.2. The number of urea groups is 1. The molecule has 3 rings (SSSR count). The second-order valence-corrected chi connectivity index (χ2v) is 6.86. The Labute approximate surface area is 147 Å². The summed E-state index contributed by atoms with van der Waals surface area (Å²) in [5.74, 6) is 0. The largest absolute Gasteiger partial charge is 0.367 e. The molecule has 128 valence electrons. The number of nitrogens with one attached hydrogen (secondary N) is 2. The Hall–Kier alpha value is -2.05. The summed E-state index contributed by atoms with van der Waals surface area (Å²) in [7, 11) is 0. The van der Waals surface area contributed by atoms with Crippen molar-refractivity contribution in [2.24, 2.45) is 0 Å². The van der Waals surface area contributed by atoms with Gasteiger partial charge in [-0.2, -0.15) is 0 Å². The minimum absolute atomic E-state index is 0.164. The van der Waals surface area contributed by atoms with Gasteiger partial charge in [0.2, 0.25) is 0 Å². The first kappa shape index (κ1) is 16.8. The minimum atomic E-state index is -0.164. The van der Waals surface area contributed by atoms with Crippen LogP contribution in [0.3, 0.4) is 0 Å². The predicted octanol–water partition coefficient (Wildman–Crippen LogP) is 3.21. The second-order valence-electron chi connectivity index (χ2n) is 5.83. The van der Waals surface area contributed by atoms with E-state index in [2.05, 4.69) is 33.4 Å². The van der Waals surface area contributed by atoms with E-state index in [9.17, 15) is 4.79 Å². The molecule has 2 aromatic rings. The lowest BCUT2D eigenvalue weighted by atomic mass is 10.2. The van der Waals surface area contributed by atoms with Crippen molar-refractivity contribution >= 4 is 28.7 Å². The molecule has 0 aliphatic carbocycles. The van der Waals surface area contributed by atoms with Crippen LogP contribution in [0.15, 0.2) is 41.8 Å². The monoisotopic (exact) mass is 344 g/mol. The number of benzene rings is 1. The highest BCUT2D eigenvalue weighted by atomic mass is 32.1. The van der Waals surface area contributed by atoms with E-state index in [4.69, 9.17) is 0 Å². The number of thiophene rings is 1. The summed E-state index contributed by atoms with van der Waals surface area (Å²) in [6.45, 7) is 7.96. The molecule has 2 N–H and O–H groups in total. The SMILES string of the molecule is CCN1CCN(c2ccccc2NC(=O)NCc2cccs2)CC1. The van der Waals surface area contributed by atoms with Crippen LogP contribution in [0, 0.1) is 0 Å². The Bertz CT molecular complexity index is 651. The number of para-hydroxylation sites is 2. The molecule has 2 amide bonds. The lowest BCUT2D eigenvalue weighted by Gasteiger charge is -2.36. The molecule has 1 aliphatic heterocycles. The van der Waals surface area contributed by atoms with Crippen LogP contribution in [-0.4, -0.2) is 43.7 Å². The molecule has 1 aliphatic rings. The van der Waals surface area contributed by atoms with Crippen molar-refractivity contribution in [1.82, 2.24) is 10.2 Å². The van der Waals surface area contributed by atoms with Crippen molar-refractivity contribution in [2.45, 2.75) is 13.5 Å². The highest BCUT2D eigenvalue weighted by Gasteiger charge is 2.18. The van der Waals surface area contributed by atoms with E-state index < -0.39 is 0 Å². The number of anilines is 2. The molecule has 1 fully saturated rings. The van der Waals surface area contributed by atoms with Crippen molar-refractivity contribution < 1.29 is 4.79 Å². The van der Waals surface area contributed by atoms with Gasteiger partial charge in [-0.15, -0.1) is 11.3 Å². The smallest absolute Gasteiger partial charge is 0.319 e. The summed E-state index contributed by atoms with van der Waals surface area (Å²) in [6, 6.07) is 11.9. The first-order valence-electron chi connectivity index (χ1n) is 8.40. The Balaban J connectivity index is 1.60. The third-order valence-corrected chi connectivity index (χ3v) is 5.19. The predicted molar refractivity (Wildman–Crippen MR) is 101 cm³/mol. The molecule has 0 radical (unpaired) electrons. The van der Waals surface area contributed by atoms with Crippen molar-refractivity contribution in [3.8, 4) is 0 Å². The Morgan fingerprint density at radius 1 is 1.12 bits per heavy atom. The zero-order valence-corrected chi connectivity index (χ0v) is 14.8. The number of carbonyl (C=O) groups is 1. The first-order valence-corrected chi connectivity index (χ1v) is 9.28. The fourth-order valence-electron chi connectivity index (χ4n) is 2.91. The number of rotatable bonds is 5. The van der Waals surface area contributed by atoms with Gasteiger partial charge in [0, 0.05) is 31.1 Å². The van der Waals surface area contributed by atoms with E-state index in [1.165, 1.54) is 0 Å². The average Bonchev–Trinajstić information content (AvgIpc) is 3.14. The van der Waals surface area contributed by atoms with Crippen molar-refractivity contribution in [3.05, 3.63) is 46.7 Å². The molecule has 1 aromatic carbocycles. The molecule has 6 heteroatoms. The van der Waals surface area contributed by atoms with E-state index in [1.807, 2.05) is 35.7 Å².